The second-order valence-electron chi connectivity index (χ2n) is 4.69. The van der Waals surface area contributed by atoms with E-state index in [9.17, 15) is 4.79 Å². The summed E-state index contributed by atoms with van der Waals surface area (Å²) in [5.74, 6) is 1.38. The Labute approximate surface area is 118 Å². The van der Waals surface area contributed by atoms with Crippen molar-refractivity contribution in [1.29, 1.82) is 0 Å². The normalized spacial score (nSPS) is 14.7. The molecular formula is C14H20N2O4. The van der Waals surface area contributed by atoms with E-state index in [-0.39, 0.29) is 12.1 Å². The lowest BCUT2D eigenvalue weighted by molar-refractivity contribution is 0.0267. The van der Waals surface area contributed by atoms with Crippen LogP contribution in [0.25, 0.3) is 0 Å². The Hall–Kier alpha value is -1.95. The minimum atomic E-state index is -0.376. The number of para-hydroxylation sites is 1. The fraction of sp³-hybridized carbons (Fsp3) is 0.500. The van der Waals surface area contributed by atoms with Gasteiger partial charge in [-0.05, 0) is 18.1 Å². The topological polar surface area (TPSA) is 71.0 Å². The van der Waals surface area contributed by atoms with Crippen LogP contribution in [-0.4, -0.2) is 56.0 Å². The first-order valence-corrected chi connectivity index (χ1v) is 6.56. The number of benzene rings is 1. The highest BCUT2D eigenvalue weighted by molar-refractivity contribution is 5.75. The molecule has 0 spiro atoms. The highest BCUT2D eigenvalue weighted by atomic mass is 16.5. The Bertz CT molecular complexity index is 472. The van der Waals surface area contributed by atoms with E-state index in [4.69, 9.17) is 14.6 Å². The average molecular weight is 280 g/mol. The second-order valence-corrected chi connectivity index (χ2v) is 4.69. The summed E-state index contributed by atoms with van der Waals surface area (Å²) < 4.78 is 10.6. The summed E-state index contributed by atoms with van der Waals surface area (Å²) in [6.45, 7) is 1.33. The van der Waals surface area contributed by atoms with Crippen LogP contribution < -0.4 is 14.8 Å². The minimum Gasteiger partial charge on any atom is -0.493 e. The molecule has 0 radical (unpaired) electrons. The minimum absolute atomic E-state index is 0.142. The van der Waals surface area contributed by atoms with Crippen LogP contribution in [-0.2, 0) is 6.42 Å². The van der Waals surface area contributed by atoms with E-state index in [0.717, 1.165) is 5.56 Å². The Morgan fingerprint density at radius 1 is 1.40 bits per heavy atom. The Morgan fingerprint density at radius 2 is 2.15 bits per heavy atom. The number of amides is 2. The third kappa shape index (κ3) is 3.14. The van der Waals surface area contributed by atoms with Crippen molar-refractivity contribution >= 4 is 6.03 Å². The molecule has 0 bridgehead atoms. The number of urea groups is 1. The van der Waals surface area contributed by atoms with Crippen molar-refractivity contribution in [3.63, 3.8) is 0 Å². The molecule has 1 aliphatic heterocycles. The van der Waals surface area contributed by atoms with E-state index in [1.165, 1.54) is 0 Å². The number of rotatable bonds is 5. The standard InChI is InChI=1S/C14H20N2O4/c1-19-12-5-3-4-10(13(12)20-2)6-7-15-14(18)16-8-11(17)9-16/h3-5,11,17H,6-9H2,1-2H3,(H,15,18). The van der Waals surface area contributed by atoms with Gasteiger partial charge in [-0.15, -0.1) is 0 Å². The number of carbonyl (C=O) groups excluding carboxylic acids is 1. The van der Waals surface area contributed by atoms with Crippen LogP contribution in [0.3, 0.4) is 0 Å². The molecule has 6 heteroatoms. The van der Waals surface area contributed by atoms with Gasteiger partial charge < -0.3 is 24.8 Å². The van der Waals surface area contributed by atoms with Gasteiger partial charge in [0.05, 0.1) is 33.4 Å². The number of nitrogens with one attached hydrogen (secondary N) is 1. The average Bonchev–Trinajstić information content (AvgIpc) is 2.43. The number of methoxy groups -OCH3 is 2. The molecule has 2 amide bonds. The number of β-amino-alcohol motifs (C(OH)–C–C–N with tert-alkyl or cyclic N) is 1. The van der Waals surface area contributed by atoms with Gasteiger partial charge in [0.1, 0.15) is 0 Å². The van der Waals surface area contributed by atoms with Crippen molar-refractivity contribution in [1.82, 2.24) is 10.2 Å². The molecule has 0 unspecified atom stereocenters. The van der Waals surface area contributed by atoms with Crippen molar-refractivity contribution < 1.29 is 19.4 Å². The van der Waals surface area contributed by atoms with E-state index < -0.39 is 0 Å². The zero-order valence-corrected chi connectivity index (χ0v) is 11.8. The molecule has 110 valence electrons. The summed E-state index contributed by atoms with van der Waals surface area (Å²) >= 11 is 0. The molecule has 1 fully saturated rings. The summed E-state index contributed by atoms with van der Waals surface area (Å²) in [4.78, 5) is 13.3. The summed E-state index contributed by atoms with van der Waals surface area (Å²) in [6.07, 6.45) is 0.280. The monoisotopic (exact) mass is 280 g/mol. The zero-order chi connectivity index (χ0) is 14.5. The van der Waals surface area contributed by atoms with E-state index in [1.807, 2.05) is 18.2 Å². The molecule has 0 aliphatic carbocycles. The van der Waals surface area contributed by atoms with Crippen LogP contribution in [0, 0.1) is 0 Å². The Morgan fingerprint density at radius 3 is 2.75 bits per heavy atom. The Balaban J connectivity index is 1.86. The molecule has 1 saturated heterocycles. The van der Waals surface area contributed by atoms with E-state index >= 15 is 0 Å². The van der Waals surface area contributed by atoms with Gasteiger partial charge in [-0.1, -0.05) is 12.1 Å². The number of aliphatic hydroxyl groups excluding tert-OH is 1. The lowest BCUT2D eigenvalue weighted by Crippen LogP contribution is -2.56. The van der Waals surface area contributed by atoms with Crippen LogP contribution in [0.15, 0.2) is 18.2 Å². The zero-order valence-electron chi connectivity index (χ0n) is 11.8. The van der Waals surface area contributed by atoms with Crippen molar-refractivity contribution in [3.05, 3.63) is 23.8 Å². The molecule has 6 nitrogen and oxygen atoms in total. The summed E-state index contributed by atoms with van der Waals surface area (Å²) in [6, 6.07) is 5.53. The highest BCUT2D eigenvalue weighted by Gasteiger charge is 2.28. The van der Waals surface area contributed by atoms with Crippen LogP contribution >= 0.6 is 0 Å². The van der Waals surface area contributed by atoms with Gasteiger partial charge in [-0.2, -0.15) is 0 Å². The van der Waals surface area contributed by atoms with Crippen LogP contribution in [0.2, 0.25) is 0 Å². The SMILES string of the molecule is COc1cccc(CCNC(=O)N2CC(O)C2)c1OC. The summed E-state index contributed by atoms with van der Waals surface area (Å²) in [5.41, 5.74) is 0.982. The van der Waals surface area contributed by atoms with Crippen molar-refractivity contribution in [3.8, 4) is 11.5 Å². The predicted molar refractivity (Wildman–Crippen MR) is 74.2 cm³/mol. The molecule has 0 aromatic heterocycles. The van der Waals surface area contributed by atoms with Gasteiger partial charge in [0.2, 0.25) is 0 Å². The smallest absolute Gasteiger partial charge is 0.317 e. The van der Waals surface area contributed by atoms with Crippen molar-refractivity contribution in [2.75, 3.05) is 33.9 Å². The number of likely N-dealkylation sites (tertiary alicyclic amines) is 1. The lowest BCUT2D eigenvalue weighted by atomic mass is 10.1. The van der Waals surface area contributed by atoms with Gasteiger partial charge in [0.15, 0.2) is 11.5 Å². The number of carbonyl (C=O) groups is 1. The quantitative estimate of drug-likeness (QED) is 0.830. The molecule has 20 heavy (non-hydrogen) atoms. The fourth-order valence-electron chi connectivity index (χ4n) is 2.19. The maximum atomic E-state index is 11.7. The molecule has 1 heterocycles. The van der Waals surface area contributed by atoms with Gasteiger partial charge in [0.25, 0.3) is 0 Å². The maximum absolute atomic E-state index is 11.7. The van der Waals surface area contributed by atoms with E-state index in [1.54, 1.807) is 19.1 Å². The largest absolute Gasteiger partial charge is 0.493 e. The molecule has 2 N–H and O–H groups in total. The molecule has 1 aromatic rings. The molecule has 0 atom stereocenters. The van der Waals surface area contributed by atoms with E-state index in [2.05, 4.69) is 5.32 Å². The predicted octanol–water partition coefficient (Wildman–Crippen LogP) is 0.632. The van der Waals surface area contributed by atoms with Gasteiger partial charge >= 0.3 is 6.03 Å². The number of ether oxygens (including phenoxy) is 2. The number of nitrogens with zero attached hydrogens (tertiary/aromatic N) is 1. The van der Waals surface area contributed by atoms with Gasteiger partial charge in [-0.3, -0.25) is 0 Å². The number of hydrogen-bond acceptors (Lipinski definition) is 4. The third-order valence-electron chi connectivity index (χ3n) is 3.30. The highest BCUT2D eigenvalue weighted by Crippen LogP contribution is 2.30. The number of hydrogen-bond donors (Lipinski definition) is 2. The molecular weight excluding hydrogens is 260 g/mol. The number of aliphatic hydroxyl groups is 1. The van der Waals surface area contributed by atoms with Crippen LogP contribution in [0.4, 0.5) is 4.79 Å². The summed E-state index contributed by atoms with van der Waals surface area (Å²) in [7, 11) is 3.19. The lowest BCUT2D eigenvalue weighted by Gasteiger charge is -2.35. The van der Waals surface area contributed by atoms with Crippen LogP contribution in [0.5, 0.6) is 11.5 Å². The molecule has 1 aromatic carbocycles. The molecule has 0 saturated carbocycles. The fourth-order valence-corrected chi connectivity index (χ4v) is 2.19. The first-order valence-electron chi connectivity index (χ1n) is 6.56. The van der Waals surface area contributed by atoms with Crippen molar-refractivity contribution in [2.24, 2.45) is 0 Å². The first kappa shape index (κ1) is 14.5. The third-order valence-corrected chi connectivity index (χ3v) is 3.30. The van der Waals surface area contributed by atoms with Gasteiger partial charge in [0, 0.05) is 6.54 Å². The molecule has 2 rings (SSSR count). The van der Waals surface area contributed by atoms with E-state index in [0.29, 0.717) is 37.6 Å². The maximum Gasteiger partial charge on any atom is 0.317 e. The summed E-state index contributed by atoms with van der Waals surface area (Å²) in [5, 5.41) is 12.0. The van der Waals surface area contributed by atoms with Crippen LogP contribution in [0.1, 0.15) is 5.56 Å². The van der Waals surface area contributed by atoms with Gasteiger partial charge in [-0.25, -0.2) is 4.79 Å². The molecule has 1 aliphatic rings. The second kappa shape index (κ2) is 6.47. The van der Waals surface area contributed by atoms with Crippen molar-refractivity contribution in [2.45, 2.75) is 12.5 Å². The Kier molecular flexibility index (Phi) is 4.68. The first-order chi connectivity index (χ1) is 9.65.